The number of benzene rings is 1. The monoisotopic (exact) mass is 379 g/mol. The maximum atomic E-state index is 11.5. The van der Waals surface area contributed by atoms with E-state index in [1.807, 2.05) is 12.1 Å². The molecule has 1 fully saturated rings. The molecule has 1 aliphatic rings. The number of carbonyl (C=O) groups excluding carboxylic acids is 1. The van der Waals surface area contributed by atoms with E-state index in [0.29, 0.717) is 42.9 Å². The highest BCUT2D eigenvalue weighted by Gasteiger charge is 2.22. The molecule has 7 nitrogen and oxygen atoms in total. The second-order valence-corrected chi connectivity index (χ2v) is 6.64. The van der Waals surface area contributed by atoms with E-state index in [1.165, 1.54) is 7.11 Å². The molecule has 1 saturated heterocycles. The number of esters is 1. The summed E-state index contributed by atoms with van der Waals surface area (Å²) in [7, 11) is 1.39. The third kappa shape index (κ3) is 5.27. The van der Waals surface area contributed by atoms with Gasteiger partial charge in [-0.15, -0.1) is 10.2 Å². The van der Waals surface area contributed by atoms with Crippen molar-refractivity contribution in [3.8, 4) is 11.5 Å². The number of hydrogen-bond acceptors (Lipinski definition) is 7. The molecule has 2 aromatic rings. The topological polar surface area (TPSA) is 77.7 Å². The zero-order valence-electron chi connectivity index (χ0n) is 14.7. The van der Waals surface area contributed by atoms with E-state index in [0.717, 1.165) is 25.0 Å². The van der Waals surface area contributed by atoms with Gasteiger partial charge in [0.05, 0.1) is 26.2 Å². The third-order valence-corrected chi connectivity index (χ3v) is 4.48. The molecule has 0 spiro atoms. The summed E-state index contributed by atoms with van der Waals surface area (Å²) in [6.45, 7) is 2.49. The summed E-state index contributed by atoms with van der Waals surface area (Å²) in [4.78, 5) is 13.6. The van der Waals surface area contributed by atoms with Crippen LogP contribution >= 0.6 is 11.6 Å². The van der Waals surface area contributed by atoms with Crippen molar-refractivity contribution in [1.82, 2.24) is 15.1 Å². The highest BCUT2D eigenvalue weighted by Crippen LogP contribution is 2.22. The van der Waals surface area contributed by atoms with Crippen LogP contribution in [-0.4, -0.2) is 54.0 Å². The molecule has 1 unspecified atom stereocenters. The minimum Gasteiger partial charge on any atom is -0.469 e. The van der Waals surface area contributed by atoms with Crippen LogP contribution in [0.4, 0.5) is 0 Å². The quantitative estimate of drug-likeness (QED) is 0.652. The molecule has 0 saturated carbocycles. The molecule has 2 heterocycles. The molecule has 0 amide bonds. The van der Waals surface area contributed by atoms with E-state index in [1.54, 1.807) is 12.1 Å². The van der Waals surface area contributed by atoms with Crippen molar-refractivity contribution in [2.75, 3.05) is 26.8 Å². The van der Waals surface area contributed by atoms with Crippen molar-refractivity contribution < 1.29 is 18.7 Å². The van der Waals surface area contributed by atoms with E-state index >= 15 is 0 Å². The molecular weight excluding hydrogens is 358 g/mol. The van der Waals surface area contributed by atoms with Crippen LogP contribution < -0.4 is 0 Å². The van der Waals surface area contributed by atoms with Crippen molar-refractivity contribution in [1.29, 1.82) is 0 Å². The van der Waals surface area contributed by atoms with Crippen molar-refractivity contribution in [3.63, 3.8) is 0 Å². The van der Waals surface area contributed by atoms with Gasteiger partial charge in [-0.2, -0.15) is 0 Å². The normalized spacial score (nSPS) is 17.0. The first kappa shape index (κ1) is 18.8. The summed E-state index contributed by atoms with van der Waals surface area (Å²) in [6, 6.07) is 7.27. The minimum atomic E-state index is -0.243. The van der Waals surface area contributed by atoms with Crippen LogP contribution in [0.1, 0.15) is 25.2 Å². The predicted molar refractivity (Wildman–Crippen MR) is 95.6 cm³/mol. The lowest BCUT2D eigenvalue weighted by Crippen LogP contribution is -2.33. The van der Waals surface area contributed by atoms with Gasteiger partial charge >= 0.3 is 5.97 Å². The zero-order valence-corrected chi connectivity index (χ0v) is 15.4. The number of nitrogens with zero attached hydrogens (tertiary/aromatic N) is 3. The Morgan fingerprint density at radius 2 is 2.31 bits per heavy atom. The smallest absolute Gasteiger partial charge is 0.306 e. The second kappa shape index (κ2) is 9.12. The molecule has 1 atom stereocenters. The summed E-state index contributed by atoms with van der Waals surface area (Å²) in [6.07, 6.45) is 2.56. The number of ether oxygens (including phenoxy) is 2. The highest BCUT2D eigenvalue weighted by molar-refractivity contribution is 6.30. The number of rotatable bonds is 8. The molecule has 1 aromatic heterocycles. The average Bonchev–Trinajstić information content (AvgIpc) is 3.31. The standard InChI is InChI=1S/C18H22ClN3O4/c1-24-17(23)7-8-22(11-15-6-3-9-25-15)12-16-20-21-18(26-16)13-4-2-5-14(19)10-13/h2,4-5,10,15H,3,6-9,11-12H2,1H3. The van der Waals surface area contributed by atoms with Gasteiger partial charge in [-0.1, -0.05) is 17.7 Å². The maximum Gasteiger partial charge on any atom is 0.306 e. The van der Waals surface area contributed by atoms with Gasteiger partial charge < -0.3 is 13.9 Å². The molecule has 1 aromatic carbocycles. The summed E-state index contributed by atoms with van der Waals surface area (Å²) in [5.41, 5.74) is 0.775. The van der Waals surface area contributed by atoms with E-state index < -0.39 is 0 Å². The number of carbonyl (C=O) groups is 1. The molecule has 3 rings (SSSR count). The van der Waals surface area contributed by atoms with E-state index in [-0.39, 0.29) is 12.1 Å². The predicted octanol–water partition coefficient (Wildman–Crippen LogP) is 2.93. The summed E-state index contributed by atoms with van der Waals surface area (Å²) >= 11 is 6.01. The Kier molecular flexibility index (Phi) is 6.60. The van der Waals surface area contributed by atoms with E-state index in [4.69, 9.17) is 25.5 Å². The van der Waals surface area contributed by atoms with Crippen LogP contribution in [0, 0.1) is 0 Å². The largest absolute Gasteiger partial charge is 0.469 e. The summed E-state index contributed by atoms with van der Waals surface area (Å²) in [5, 5.41) is 8.84. The maximum absolute atomic E-state index is 11.5. The van der Waals surface area contributed by atoms with Gasteiger partial charge in [-0.05, 0) is 31.0 Å². The van der Waals surface area contributed by atoms with E-state index in [2.05, 4.69) is 15.1 Å². The van der Waals surface area contributed by atoms with Crippen LogP contribution in [0.3, 0.4) is 0 Å². The average molecular weight is 380 g/mol. The lowest BCUT2D eigenvalue weighted by atomic mass is 10.2. The number of methoxy groups -OCH3 is 1. The molecule has 0 radical (unpaired) electrons. The minimum absolute atomic E-state index is 0.169. The molecule has 0 N–H and O–H groups in total. The van der Waals surface area contributed by atoms with Gasteiger partial charge in [0.2, 0.25) is 11.8 Å². The van der Waals surface area contributed by atoms with Gasteiger partial charge in [-0.3, -0.25) is 9.69 Å². The van der Waals surface area contributed by atoms with Crippen molar-refractivity contribution in [2.24, 2.45) is 0 Å². The summed E-state index contributed by atoms with van der Waals surface area (Å²) in [5.74, 6) is 0.669. The van der Waals surface area contributed by atoms with Crippen molar-refractivity contribution in [2.45, 2.75) is 31.9 Å². The Morgan fingerprint density at radius 1 is 1.42 bits per heavy atom. The van der Waals surface area contributed by atoms with Crippen molar-refractivity contribution in [3.05, 3.63) is 35.2 Å². The molecular formula is C18H22ClN3O4. The fourth-order valence-corrected chi connectivity index (χ4v) is 3.10. The zero-order chi connectivity index (χ0) is 18.4. The Hall–Kier alpha value is -1.96. The van der Waals surface area contributed by atoms with Gasteiger partial charge in [0.25, 0.3) is 0 Å². The molecule has 8 heteroatoms. The lowest BCUT2D eigenvalue weighted by molar-refractivity contribution is -0.141. The number of aromatic nitrogens is 2. The van der Waals surface area contributed by atoms with Gasteiger partial charge in [0, 0.05) is 30.3 Å². The Balaban J connectivity index is 1.66. The van der Waals surface area contributed by atoms with Gasteiger partial charge in [0.15, 0.2) is 0 Å². The molecule has 0 aliphatic carbocycles. The molecule has 26 heavy (non-hydrogen) atoms. The SMILES string of the molecule is COC(=O)CCN(Cc1nnc(-c2cccc(Cl)c2)o1)CC1CCCO1. The lowest BCUT2D eigenvalue weighted by Gasteiger charge is -2.23. The Bertz CT molecular complexity index is 731. The second-order valence-electron chi connectivity index (χ2n) is 6.21. The van der Waals surface area contributed by atoms with Gasteiger partial charge in [0.1, 0.15) is 0 Å². The summed E-state index contributed by atoms with van der Waals surface area (Å²) < 4.78 is 16.2. The number of halogens is 1. The van der Waals surface area contributed by atoms with Crippen LogP contribution in [0.5, 0.6) is 0 Å². The van der Waals surface area contributed by atoms with Crippen molar-refractivity contribution >= 4 is 17.6 Å². The van der Waals surface area contributed by atoms with Crippen LogP contribution in [0.15, 0.2) is 28.7 Å². The third-order valence-electron chi connectivity index (χ3n) is 4.24. The Labute approximate surface area is 157 Å². The van der Waals surface area contributed by atoms with Gasteiger partial charge in [-0.25, -0.2) is 0 Å². The number of hydrogen-bond donors (Lipinski definition) is 0. The van der Waals surface area contributed by atoms with Crippen LogP contribution in [-0.2, 0) is 20.8 Å². The molecule has 1 aliphatic heterocycles. The first-order chi connectivity index (χ1) is 12.6. The van der Waals surface area contributed by atoms with Crippen LogP contribution in [0.25, 0.3) is 11.5 Å². The Morgan fingerprint density at radius 3 is 3.04 bits per heavy atom. The highest BCUT2D eigenvalue weighted by atomic mass is 35.5. The molecule has 140 valence electrons. The first-order valence-electron chi connectivity index (χ1n) is 8.63. The molecule has 0 bridgehead atoms. The first-order valence-corrected chi connectivity index (χ1v) is 9.01. The van der Waals surface area contributed by atoms with E-state index in [9.17, 15) is 4.79 Å². The van der Waals surface area contributed by atoms with Crippen LogP contribution in [0.2, 0.25) is 5.02 Å². The fourth-order valence-electron chi connectivity index (χ4n) is 2.91. The fraction of sp³-hybridized carbons (Fsp3) is 0.500.